The number of nitrogens with one attached hydrogen (secondary N) is 1. The zero-order valence-corrected chi connectivity index (χ0v) is 17.6. The number of guanidine groups is 1. The van der Waals surface area contributed by atoms with Crippen molar-refractivity contribution in [3.8, 4) is 5.75 Å². The van der Waals surface area contributed by atoms with Crippen LogP contribution in [0.3, 0.4) is 0 Å². The minimum atomic E-state index is -0.510. The summed E-state index contributed by atoms with van der Waals surface area (Å²) in [6, 6.07) is 6.95. The van der Waals surface area contributed by atoms with E-state index in [1.807, 2.05) is 25.7 Å². The van der Waals surface area contributed by atoms with Crippen LogP contribution in [0.1, 0.15) is 31.1 Å². The van der Waals surface area contributed by atoms with E-state index in [-0.39, 0.29) is 12.0 Å². The molecule has 9 heteroatoms. The Balaban J connectivity index is 1.73. The normalized spacial score (nSPS) is 15.1. The maximum atomic E-state index is 12.2. The minimum absolute atomic E-state index is 0.191. The first-order chi connectivity index (χ1) is 13.7. The van der Waals surface area contributed by atoms with Crippen LogP contribution in [0.15, 0.2) is 29.3 Å². The molecule has 0 radical (unpaired) electrons. The molecule has 0 unspecified atom stereocenters. The van der Waals surface area contributed by atoms with E-state index in [1.54, 1.807) is 36.3 Å². The molecule has 2 rings (SSSR count). The number of carbonyl (C=O) groups excluding carboxylic acids is 2. The van der Waals surface area contributed by atoms with Gasteiger partial charge in [-0.25, -0.2) is 4.79 Å². The lowest BCUT2D eigenvalue weighted by atomic mass is 10.2. The molecule has 0 saturated carbocycles. The van der Waals surface area contributed by atoms with Gasteiger partial charge in [0.2, 0.25) is 0 Å². The molecule has 1 aliphatic heterocycles. The molecule has 0 aliphatic carbocycles. The van der Waals surface area contributed by atoms with Crippen molar-refractivity contribution in [2.24, 2.45) is 10.7 Å². The van der Waals surface area contributed by atoms with Gasteiger partial charge in [0.15, 0.2) is 5.96 Å². The van der Waals surface area contributed by atoms with E-state index in [0.29, 0.717) is 56.5 Å². The van der Waals surface area contributed by atoms with Crippen LogP contribution in [-0.2, 0) is 4.74 Å². The van der Waals surface area contributed by atoms with Crippen molar-refractivity contribution in [1.29, 1.82) is 0 Å². The molecule has 2 amide bonds. The molecular formula is C20H31N5O4. The SMILES string of the molecule is COc1cccc(C(=O)NCCN=C(N)N2CCN(C(=O)OC(C)(C)C)CC2)c1. The number of carbonyl (C=O) groups is 2. The molecular weight excluding hydrogens is 374 g/mol. The summed E-state index contributed by atoms with van der Waals surface area (Å²) in [6.45, 7) is 8.50. The first-order valence-electron chi connectivity index (χ1n) is 9.64. The quantitative estimate of drug-likeness (QED) is 0.434. The van der Waals surface area contributed by atoms with Crippen LogP contribution in [0.5, 0.6) is 5.75 Å². The third kappa shape index (κ3) is 7.17. The van der Waals surface area contributed by atoms with Gasteiger partial charge in [0.1, 0.15) is 11.4 Å². The van der Waals surface area contributed by atoms with Gasteiger partial charge < -0.3 is 30.3 Å². The largest absolute Gasteiger partial charge is 0.497 e. The molecule has 1 aromatic rings. The smallest absolute Gasteiger partial charge is 0.410 e. The van der Waals surface area contributed by atoms with Crippen molar-refractivity contribution in [1.82, 2.24) is 15.1 Å². The summed E-state index contributed by atoms with van der Waals surface area (Å²) in [5.74, 6) is 0.846. The van der Waals surface area contributed by atoms with Gasteiger partial charge in [-0.1, -0.05) is 6.07 Å². The number of rotatable bonds is 5. The van der Waals surface area contributed by atoms with Crippen LogP contribution < -0.4 is 15.8 Å². The Hall–Kier alpha value is -2.97. The van der Waals surface area contributed by atoms with E-state index < -0.39 is 5.60 Å². The second-order valence-electron chi connectivity index (χ2n) is 7.68. The minimum Gasteiger partial charge on any atom is -0.497 e. The fourth-order valence-electron chi connectivity index (χ4n) is 2.75. The van der Waals surface area contributed by atoms with Gasteiger partial charge >= 0.3 is 6.09 Å². The van der Waals surface area contributed by atoms with E-state index in [4.69, 9.17) is 15.2 Å². The van der Waals surface area contributed by atoms with E-state index in [1.165, 1.54) is 0 Å². The molecule has 3 N–H and O–H groups in total. The molecule has 160 valence electrons. The summed E-state index contributed by atoms with van der Waals surface area (Å²) in [5.41, 5.74) is 6.07. The lowest BCUT2D eigenvalue weighted by Gasteiger charge is -2.36. The van der Waals surface area contributed by atoms with Crippen LogP contribution in [0, 0.1) is 0 Å². The maximum absolute atomic E-state index is 12.2. The summed E-state index contributed by atoms with van der Waals surface area (Å²) in [6.07, 6.45) is -0.312. The first-order valence-corrected chi connectivity index (χ1v) is 9.64. The summed E-state index contributed by atoms with van der Waals surface area (Å²) < 4.78 is 10.5. The number of benzene rings is 1. The second kappa shape index (κ2) is 9.99. The predicted molar refractivity (Wildman–Crippen MR) is 111 cm³/mol. The van der Waals surface area contributed by atoms with Gasteiger partial charge in [0.25, 0.3) is 5.91 Å². The van der Waals surface area contributed by atoms with Gasteiger partial charge in [0.05, 0.1) is 13.7 Å². The fourth-order valence-corrected chi connectivity index (χ4v) is 2.75. The zero-order chi connectivity index (χ0) is 21.4. The van der Waals surface area contributed by atoms with Crippen molar-refractivity contribution in [2.75, 3.05) is 46.4 Å². The van der Waals surface area contributed by atoms with Gasteiger partial charge in [-0.3, -0.25) is 9.79 Å². The highest BCUT2D eigenvalue weighted by molar-refractivity contribution is 5.94. The van der Waals surface area contributed by atoms with Crippen molar-refractivity contribution in [3.63, 3.8) is 0 Å². The van der Waals surface area contributed by atoms with E-state index in [0.717, 1.165) is 0 Å². The molecule has 1 saturated heterocycles. The zero-order valence-electron chi connectivity index (χ0n) is 17.6. The number of ether oxygens (including phenoxy) is 2. The van der Waals surface area contributed by atoms with Gasteiger partial charge in [0, 0.05) is 38.3 Å². The van der Waals surface area contributed by atoms with Crippen LogP contribution in [0.25, 0.3) is 0 Å². The summed E-state index contributed by atoms with van der Waals surface area (Å²) in [5, 5.41) is 2.81. The number of piperazine rings is 1. The van der Waals surface area contributed by atoms with Gasteiger partial charge in [-0.05, 0) is 39.0 Å². The first kappa shape index (κ1) is 22.3. The number of methoxy groups -OCH3 is 1. The Morgan fingerprint density at radius 3 is 2.45 bits per heavy atom. The maximum Gasteiger partial charge on any atom is 0.410 e. The third-order valence-electron chi connectivity index (χ3n) is 4.26. The molecule has 9 nitrogen and oxygen atoms in total. The molecule has 1 aliphatic rings. The molecule has 29 heavy (non-hydrogen) atoms. The van der Waals surface area contributed by atoms with E-state index in [2.05, 4.69) is 10.3 Å². The number of hydrogen-bond acceptors (Lipinski definition) is 5. The van der Waals surface area contributed by atoms with Gasteiger partial charge in [-0.2, -0.15) is 0 Å². The number of aliphatic imine (C=N–C) groups is 1. The third-order valence-corrected chi connectivity index (χ3v) is 4.26. The summed E-state index contributed by atoms with van der Waals surface area (Å²) >= 11 is 0. The highest BCUT2D eigenvalue weighted by Crippen LogP contribution is 2.13. The van der Waals surface area contributed by atoms with Crippen molar-refractivity contribution in [3.05, 3.63) is 29.8 Å². The Morgan fingerprint density at radius 1 is 1.17 bits per heavy atom. The average Bonchev–Trinajstić information content (AvgIpc) is 2.69. The average molecular weight is 405 g/mol. The number of amides is 2. The van der Waals surface area contributed by atoms with Crippen LogP contribution in [0.2, 0.25) is 0 Å². The van der Waals surface area contributed by atoms with Crippen LogP contribution >= 0.6 is 0 Å². The van der Waals surface area contributed by atoms with E-state index >= 15 is 0 Å². The molecule has 0 bridgehead atoms. The molecule has 1 aromatic carbocycles. The summed E-state index contributed by atoms with van der Waals surface area (Å²) in [7, 11) is 1.56. The Labute approximate surface area is 171 Å². The van der Waals surface area contributed by atoms with Crippen molar-refractivity contribution >= 4 is 18.0 Å². The van der Waals surface area contributed by atoms with Crippen LogP contribution in [-0.4, -0.2) is 79.7 Å². The molecule has 0 spiro atoms. The van der Waals surface area contributed by atoms with Gasteiger partial charge in [-0.15, -0.1) is 0 Å². The number of nitrogens with two attached hydrogens (primary N) is 1. The molecule has 1 heterocycles. The topological polar surface area (TPSA) is 109 Å². The monoisotopic (exact) mass is 405 g/mol. The highest BCUT2D eigenvalue weighted by Gasteiger charge is 2.26. The fraction of sp³-hybridized carbons (Fsp3) is 0.550. The Kier molecular flexibility index (Phi) is 7.69. The lowest BCUT2D eigenvalue weighted by Crippen LogP contribution is -2.53. The lowest BCUT2D eigenvalue weighted by molar-refractivity contribution is 0.0186. The standard InChI is InChI=1S/C20H31N5O4/c1-20(2,3)29-19(27)25-12-10-24(11-13-25)18(21)23-9-8-22-17(26)15-6-5-7-16(14-15)28-4/h5-7,14H,8-13H2,1-4H3,(H2,21,23)(H,22,26). The van der Waals surface area contributed by atoms with Crippen molar-refractivity contribution < 1.29 is 19.1 Å². The van der Waals surface area contributed by atoms with Crippen LogP contribution in [0.4, 0.5) is 4.79 Å². The predicted octanol–water partition coefficient (Wildman–Crippen LogP) is 1.29. The molecule has 0 aromatic heterocycles. The Morgan fingerprint density at radius 2 is 1.83 bits per heavy atom. The van der Waals surface area contributed by atoms with Crippen molar-refractivity contribution in [2.45, 2.75) is 26.4 Å². The molecule has 0 atom stereocenters. The summed E-state index contributed by atoms with van der Waals surface area (Å²) in [4.78, 5) is 32.2. The highest BCUT2D eigenvalue weighted by atomic mass is 16.6. The number of hydrogen-bond donors (Lipinski definition) is 2. The second-order valence-corrected chi connectivity index (χ2v) is 7.68. The molecule has 1 fully saturated rings. The van der Waals surface area contributed by atoms with E-state index in [9.17, 15) is 9.59 Å². The number of nitrogens with zero attached hydrogens (tertiary/aromatic N) is 3. The Bertz CT molecular complexity index is 737.